The maximum Gasteiger partial charge on any atom is 0.255 e. The molecule has 0 aliphatic carbocycles. The zero-order valence-corrected chi connectivity index (χ0v) is 13.3. The van der Waals surface area contributed by atoms with E-state index in [2.05, 4.69) is 10.3 Å². The summed E-state index contributed by atoms with van der Waals surface area (Å²) in [4.78, 5) is 18.7. The first-order valence-electron chi connectivity index (χ1n) is 8.20. The normalized spacial score (nSPS) is 16.1. The van der Waals surface area contributed by atoms with Crippen LogP contribution in [0.1, 0.15) is 29.6 Å². The molecular weight excluding hydrogens is 306 g/mol. The Balaban J connectivity index is 1.51. The highest BCUT2D eigenvalue weighted by atomic mass is 16.7. The minimum atomic E-state index is 0.0523. The van der Waals surface area contributed by atoms with Gasteiger partial charge in [0.2, 0.25) is 6.79 Å². The highest BCUT2D eigenvalue weighted by Gasteiger charge is 2.19. The second-order valence-electron chi connectivity index (χ2n) is 6.01. The lowest BCUT2D eigenvalue weighted by molar-refractivity contribution is 0.0724. The number of piperidine rings is 1. The molecule has 6 nitrogen and oxygen atoms in total. The highest BCUT2D eigenvalue weighted by Crippen LogP contribution is 2.35. The Kier molecular flexibility index (Phi) is 3.94. The molecule has 0 unspecified atom stereocenters. The first-order valence-corrected chi connectivity index (χ1v) is 8.20. The van der Waals surface area contributed by atoms with E-state index in [0.717, 1.165) is 43.1 Å². The summed E-state index contributed by atoms with van der Waals surface area (Å²) >= 11 is 0. The average molecular weight is 325 g/mol. The number of carbonyl (C=O) groups excluding carboxylic acids is 1. The van der Waals surface area contributed by atoms with Crippen molar-refractivity contribution in [2.75, 3.05) is 25.2 Å². The summed E-state index contributed by atoms with van der Waals surface area (Å²) < 4.78 is 10.7. The number of nitrogens with one attached hydrogen (secondary N) is 1. The molecule has 2 aliphatic heterocycles. The Bertz CT molecular complexity index is 757. The molecule has 1 amide bonds. The van der Waals surface area contributed by atoms with Crippen LogP contribution < -0.4 is 14.8 Å². The number of amides is 1. The van der Waals surface area contributed by atoms with Crippen LogP contribution in [0.15, 0.2) is 36.7 Å². The number of anilines is 2. The van der Waals surface area contributed by atoms with Gasteiger partial charge < -0.3 is 19.7 Å². The average Bonchev–Trinajstić information content (AvgIpc) is 3.10. The number of rotatable bonds is 3. The van der Waals surface area contributed by atoms with E-state index in [1.54, 1.807) is 12.4 Å². The van der Waals surface area contributed by atoms with E-state index in [1.165, 1.54) is 6.42 Å². The van der Waals surface area contributed by atoms with Crippen LogP contribution in [0.4, 0.5) is 11.4 Å². The van der Waals surface area contributed by atoms with E-state index >= 15 is 0 Å². The minimum Gasteiger partial charge on any atom is -0.454 e. The smallest absolute Gasteiger partial charge is 0.255 e. The predicted molar refractivity (Wildman–Crippen MR) is 89.8 cm³/mol. The molecule has 1 N–H and O–H groups in total. The number of hydrogen-bond acceptors (Lipinski definition) is 5. The number of fused-ring (bicyclic) bond motifs is 1. The zero-order valence-electron chi connectivity index (χ0n) is 13.3. The third-order valence-corrected chi connectivity index (χ3v) is 4.29. The summed E-state index contributed by atoms with van der Waals surface area (Å²) in [5.41, 5.74) is 2.25. The Morgan fingerprint density at radius 1 is 1.00 bits per heavy atom. The van der Waals surface area contributed by atoms with Gasteiger partial charge in [-0.15, -0.1) is 0 Å². The number of nitrogens with zero attached hydrogens (tertiary/aromatic N) is 2. The molecule has 4 rings (SSSR count). The van der Waals surface area contributed by atoms with Gasteiger partial charge in [0.15, 0.2) is 11.5 Å². The van der Waals surface area contributed by atoms with Crippen molar-refractivity contribution in [3.8, 4) is 11.5 Å². The fourth-order valence-electron chi connectivity index (χ4n) is 3.05. The van der Waals surface area contributed by atoms with Crippen LogP contribution in [-0.4, -0.2) is 35.7 Å². The van der Waals surface area contributed by atoms with Crippen molar-refractivity contribution in [1.29, 1.82) is 0 Å². The molecule has 2 aromatic rings. The predicted octanol–water partition coefficient (Wildman–Crippen LogP) is 3.18. The molecule has 24 heavy (non-hydrogen) atoms. The summed E-state index contributed by atoms with van der Waals surface area (Å²) in [5.74, 6) is 1.51. The summed E-state index contributed by atoms with van der Waals surface area (Å²) in [6.07, 6.45) is 6.69. The third kappa shape index (κ3) is 2.99. The molecule has 3 heterocycles. The second kappa shape index (κ2) is 6.39. The fraction of sp³-hybridized carbons (Fsp3) is 0.333. The SMILES string of the molecule is O=C(c1cncc(Nc2ccc3c(c2)OCO3)c1)N1CCCCC1. The van der Waals surface area contributed by atoms with Gasteiger partial charge in [0.25, 0.3) is 5.91 Å². The van der Waals surface area contributed by atoms with Gasteiger partial charge >= 0.3 is 0 Å². The van der Waals surface area contributed by atoms with Gasteiger partial charge in [-0.2, -0.15) is 0 Å². The molecule has 0 atom stereocenters. The molecule has 0 radical (unpaired) electrons. The molecule has 1 saturated heterocycles. The minimum absolute atomic E-state index is 0.0523. The van der Waals surface area contributed by atoms with Gasteiger partial charge in [-0.3, -0.25) is 9.78 Å². The Morgan fingerprint density at radius 3 is 2.71 bits per heavy atom. The van der Waals surface area contributed by atoms with Gasteiger partial charge in [0.1, 0.15) is 0 Å². The number of pyridine rings is 1. The molecule has 0 bridgehead atoms. The molecule has 124 valence electrons. The van der Waals surface area contributed by atoms with Crippen LogP contribution >= 0.6 is 0 Å². The van der Waals surface area contributed by atoms with Crippen LogP contribution in [0.2, 0.25) is 0 Å². The Hall–Kier alpha value is -2.76. The molecule has 0 spiro atoms. The van der Waals surface area contributed by atoms with E-state index in [4.69, 9.17) is 9.47 Å². The summed E-state index contributed by atoms with van der Waals surface area (Å²) in [6.45, 7) is 1.91. The van der Waals surface area contributed by atoms with Crippen LogP contribution in [0.3, 0.4) is 0 Å². The van der Waals surface area contributed by atoms with Gasteiger partial charge in [0, 0.05) is 31.0 Å². The van der Waals surface area contributed by atoms with Gasteiger partial charge in [0.05, 0.1) is 17.4 Å². The summed E-state index contributed by atoms with van der Waals surface area (Å²) in [6, 6.07) is 7.49. The van der Waals surface area contributed by atoms with Crippen molar-refractivity contribution in [3.63, 3.8) is 0 Å². The van der Waals surface area contributed by atoms with Crippen molar-refractivity contribution < 1.29 is 14.3 Å². The molecule has 0 saturated carbocycles. The van der Waals surface area contributed by atoms with Crippen LogP contribution in [0.5, 0.6) is 11.5 Å². The van der Waals surface area contributed by atoms with Gasteiger partial charge in [-0.05, 0) is 37.5 Å². The maximum atomic E-state index is 12.6. The monoisotopic (exact) mass is 325 g/mol. The van der Waals surface area contributed by atoms with E-state index < -0.39 is 0 Å². The largest absolute Gasteiger partial charge is 0.454 e. The lowest BCUT2D eigenvalue weighted by Gasteiger charge is -2.26. The van der Waals surface area contributed by atoms with Crippen molar-refractivity contribution in [2.45, 2.75) is 19.3 Å². The van der Waals surface area contributed by atoms with E-state index in [1.807, 2.05) is 29.2 Å². The molecule has 2 aliphatic rings. The lowest BCUT2D eigenvalue weighted by Crippen LogP contribution is -2.35. The molecule has 1 aromatic heterocycles. The third-order valence-electron chi connectivity index (χ3n) is 4.29. The Labute approximate surface area is 140 Å². The summed E-state index contributed by atoms with van der Waals surface area (Å²) in [7, 11) is 0. The van der Waals surface area contributed by atoms with Gasteiger partial charge in [-0.25, -0.2) is 0 Å². The number of aromatic nitrogens is 1. The van der Waals surface area contributed by atoms with Crippen molar-refractivity contribution >= 4 is 17.3 Å². The fourth-order valence-corrected chi connectivity index (χ4v) is 3.05. The summed E-state index contributed by atoms with van der Waals surface area (Å²) in [5, 5.41) is 3.26. The maximum absolute atomic E-state index is 12.6. The molecule has 6 heteroatoms. The molecule has 1 fully saturated rings. The van der Waals surface area contributed by atoms with Gasteiger partial charge in [-0.1, -0.05) is 0 Å². The lowest BCUT2D eigenvalue weighted by atomic mass is 10.1. The van der Waals surface area contributed by atoms with E-state index in [9.17, 15) is 4.79 Å². The van der Waals surface area contributed by atoms with Crippen molar-refractivity contribution in [1.82, 2.24) is 9.88 Å². The number of carbonyl (C=O) groups is 1. The number of likely N-dealkylation sites (tertiary alicyclic amines) is 1. The molecular formula is C18H19N3O3. The Morgan fingerprint density at radius 2 is 1.83 bits per heavy atom. The molecule has 1 aromatic carbocycles. The van der Waals surface area contributed by atoms with Crippen LogP contribution in [0.25, 0.3) is 0 Å². The topological polar surface area (TPSA) is 63.7 Å². The van der Waals surface area contributed by atoms with Crippen molar-refractivity contribution in [3.05, 3.63) is 42.2 Å². The zero-order chi connectivity index (χ0) is 16.4. The first kappa shape index (κ1) is 14.8. The quantitative estimate of drug-likeness (QED) is 0.939. The highest BCUT2D eigenvalue weighted by molar-refractivity contribution is 5.95. The standard InChI is InChI=1S/C18H19N3O3/c22-18(21-6-2-1-3-7-21)13-8-15(11-19-10-13)20-14-4-5-16-17(9-14)24-12-23-16/h4-5,8-11,20H,1-3,6-7,12H2. The number of ether oxygens (including phenoxy) is 2. The number of hydrogen-bond donors (Lipinski definition) is 1. The number of benzene rings is 1. The second-order valence-corrected chi connectivity index (χ2v) is 6.01. The first-order chi connectivity index (χ1) is 11.8. The van der Waals surface area contributed by atoms with Crippen LogP contribution in [0, 0.1) is 0 Å². The van der Waals surface area contributed by atoms with Crippen LogP contribution in [-0.2, 0) is 0 Å². The van der Waals surface area contributed by atoms with E-state index in [-0.39, 0.29) is 12.7 Å². The van der Waals surface area contributed by atoms with E-state index in [0.29, 0.717) is 11.3 Å². The van der Waals surface area contributed by atoms with Crippen molar-refractivity contribution in [2.24, 2.45) is 0 Å².